The number of nitrogen functional groups attached to an aromatic ring is 1. The molecule has 17 heteroatoms. The van der Waals surface area contributed by atoms with Gasteiger partial charge in [-0.3, -0.25) is 0 Å². The van der Waals surface area contributed by atoms with E-state index in [9.17, 15) is 25.9 Å². The summed E-state index contributed by atoms with van der Waals surface area (Å²) in [6, 6.07) is 14.6. The number of nitrogens with zero attached hydrogens (tertiary/aromatic N) is 4. The second kappa shape index (κ2) is 14.2. The topological polar surface area (TPSA) is 208 Å². The zero-order chi connectivity index (χ0) is 28.4. The van der Waals surface area contributed by atoms with E-state index >= 15 is 0 Å². The van der Waals surface area contributed by atoms with Gasteiger partial charge in [0.05, 0.1) is 46.8 Å². The van der Waals surface area contributed by atoms with Crippen molar-refractivity contribution in [1.82, 2.24) is 0 Å². The molecule has 0 atom stereocenters. The number of azo groups is 2. The molecule has 0 radical (unpaired) electrons. The van der Waals surface area contributed by atoms with Crippen LogP contribution in [0, 0.1) is 0 Å². The van der Waals surface area contributed by atoms with Crippen LogP contribution in [0.3, 0.4) is 0 Å². The quantitative estimate of drug-likeness (QED) is 0.112. The van der Waals surface area contributed by atoms with Crippen LogP contribution in [0.1, 0.15) is 0 Å². The van der Waals surface area contributed by atoms with Crippen molar-refractivity contribution in [2.45, 2.75) is 9.79 Å². The van der Waals surface area contributed by atoms with Gasteiger partial charge in [-0.25, -0.2) is 16.8 Å². The van der Waals surface area contributed by atoms with Gasteiger partial charge in [-0.1, -0.05) is 12.1 Å². The second-order valence-electron chi connectivity index (χ2n) is 7.88. The average molecular weight is 616 g/mol. The number of anilines is 1. The summed E-state index contributed by atoms with van der Waals surface area (Å²) >= 11 is 0. The summed E-state index contributed by atoms with van der Waals surface area (Å²) in [6.45, 7) is 0. The maximum Gasteiger partial charge on any atom is 1.00 e. The molecule has 4 rings (SSSR count). The van der Waals surface area contributed by atoms with Crippen LogP contribution in [-0.4, -0.2) is 40.2 Å². The number of hydrogen-bond acceptors (Lipinski definition) is 13. The fourth-order valence-electron chi connectivity index (χ4n) is 3.53. The molecule has 41 heavy (non-hydrogen) atoms. The zero-order valence-electron chi connectivity index (χ0n) is 22.3. The molecule has 0 saturated heterocycles. The molecule has 202 valence electrons. The first-order valence-electron chi connectivity index (χ1n) is 10.8. The average Bonchev–Trinajstić information content (AvgIpc) is 2.90. The molecular formula is C24H19N5Na2O8S2. The van der Waals surface area contributed by atoms with E-state index in [1.807, 2.05) is 0 Å². The van der Waals surface area contributed by atoms with Crippen molar-refractivity contribution in [2.24, 2.45) is 20.5 Å². The summed E-state index contributed by atoms with van der Waals surface area (Å²) in [5.74, 6) is 0.635. The first-order valence-corrected chi connectivity index (χ1v) is 13.7. The van der Waals surface area contributed by atoms with Gasteiger partial charge >= 0.3 is 59.1 Å². The van der Waals surface area contributed by atoms with Crippen molar-refractivity contribution in [1.29, 1.82) is 0 Å². The minimum absolute atomic E-state index is 0. The van der Waals surface area contributed by atoms with Crippen LogP contribution in [0.25, 0.3) is 10.8 Å². The van der Waals surface area contributed by atoms with Crippen LogP contribution in [-0.2, 0) is 20.2 Å². The van der Waals surface area contributed by atoms with E-state index in [4.69, 9.17) is 15.2 Å². The Morgan fingerprint density at radius 3 is 1.80 bits per heavy atom. The number of nitrogens with two attached hydrogens (primary N) is 1. The molecule has 0 saturated carbocycles. The Hall–Kier alpha value is -2.44. The van der Waals surface area contributed by atoms with Gasteiger partial charge in [0.25, 0.3) is 0 Å². The molecular weight excluding hydrogens is 596 g/mol. The fraction of sp³-hybridized carbons (Fsp3) is 0.0833. The monoisotopic (exact) mass is 615 g/mol. The molecule has 0 spiro atoms. The molecule has 0 amide bonds. The van der Waals surface area contributed by atoms with Crippen molar-refractivity contribution < 1.29 is 94.5 Å². The maximum atomic E-state index is 11.7. The molecule has 0 aromatic heterocycles. The number of ether oxygens (including phenoxy) is 2. The SMILES string of the molecule is COc1cc(N=Nc2ccc(N=Nc3cccc(S(=O)(=O)[O-])c3)c3ccc(S(=O)(=O)[O-])cc23)c(OC)cc1N.[Na+].[Na+]. The van der Waals surface area contributed by atoms with Crippen molar-refractivity contribution in [3.05, 3.63) is 66.7 Å². The molecule has 0 aliphatic carbocycles. The summed E-state index contributed by atoms with van der Waals surface area (Å²) < 4.78 is 79.5. The Balaban J connectivity index is 0.00000294. The molecule has 0 fully saturated rings. The van der Waals surface area contributed by atoms with Gasteiger partial charge in [0, 0.05) is 22.9 Å². The summed E-state index contributed by atoms with van der Waals surface area (Å²) in [4.78, 5) is -0.972. The molecule has 0 unspecified atom stereocenters. The Labute approximate surface area is 280 Å². The number of fused-ring (bicyclic) bond motifs is 1. The van der Waals surface area contributed by atoms with Crippen LogP contribution in [0.15, 0.2) is 97.0 Å². The normalized spacial score (nSPS) is 11.8. The Morgan fingerprint density at radius 2 is 1.20 bits per heavy atom. The summed E-state index contributed by atoms with van der Waals surface area (Å²) in [5, 5.41) is 17.1. The van der Waals surface area contributed by atoms with Crippen LogP contribution in [0.2, 0.25) is 0 Å². The van der Waals surface area contributed by atoms with Crippen LogP contribution >= 0.6 is 0 Å². The second-order valence-corrected chi connectivity index (χ2v) is 10.6. The van der Waals surface area contributed by atoms with E-state index in [0.29, 0.717) is 22.6 Å². The Bertz CT molecular complexity index is 1870. The number of methoxy groups -OCH3 is 2. The van der Waals surface area contributed by atoms with Gasteiger partial charge in [-0.2, -0.15) is 5.11 Å². The van der Waals surface area contributed by atoms with Crippen LogP contribution < -0.4 is 74.3 Å². The summed E-state index contributed by atoms with van der Waals surface area (Å²) in [6.07, 6.45) is 0. The number of benzene rings is 4. The van der Waals surface area contributed by atoms with Crippen molar-refractivity contribution in [3.63, 3.8) is 0 Å². The molecule has 13 nitrogen and oxygen atoms in total. The number of rotatable bonds is 8. The molecule has 0 bridgehead atoms. The third kappa shape index (κ3) is 8.32. The van der Waals surface area contributed by atoms with Crippen molar-refractivity contribution >= 4 is 59.4 Å². The van der Waals surface area contributed by atoms with E-state index in [1.165, 1.54) is 56.7 Å². The van der Waals surface area contributed by atoms with Gasteiger partial charge in [0.15, 0.2) is 0 Å². The third-order valence-electron chi connectivity index (χ3n) is 5.41. The Kier molecular flexibility index (Phi) is 12.0. The van der Waals surface area contributed by atoms with E-state index in [0.717, 1.165) is 24.3 Å². The third-order valence-corrected chi connectivity index (χ3v) is 7.07. The molecule has 0 aliphatic heterocycles. The maximum absolute atomic E-state index is 11.7. The fourth-order valence-corrected chi connectivity index (χ4v) is 4.54. The first kappa shape index (κ1) is 34.8. The van der Waals surface area contributed by atoms with Gasteiger partial charge in [0.2, 0.25) is 0 Å². The molecule has 4 aromatic rings. The van der Waals surface area contributed by atoms with Gasteiger partial charge in [0.1, 0.15) is 37.4 Å². The van der Waals surface area contributed by atoms with Gasteiger partial charge in [-0.15, -0.1) is 15.3 Å². The number of hydrogen-bond donors (Lipinski definition) is 1. The van der Waals surface area contributed by atoms with Gasteiger partial charge in [-0.05, 0) is 42.5 Å². The smallest absolute Gasteiger partial charge is 0.744 e. The summed E-state index contributed by atoms with van der Waals surface area (Å²) in [7, 11) is -6.65. The van der Waals surface area contributed by atoms with Crippen LogP contribution in [0.5, 0.6) is 11.5 Å². The predicted molar refractivity (Wildman–Crippen MR) is 139 cm³/mol. The molecule has 2 N–H and O–H groups in total. The van der Waals surface area contributed by atoms with E-state index in [2.05, 4.69) is 20.5 Å². The summed E-state index contributed by atoms with van der Waals surface area (Å²) in [5.41, 5.74) is 7.00. The van der Waals surface area contributed by atoms with E-state index in [-0.39, 0.29) is 87.3 Å². The van der Waals surface area contributed by atoms with Crippen molar-refractivity contribution in [3.8, 4) is 11.5 Å². The minimum Gasteiger partial charge on any atom is -0.744 e. The van der Waals surface area contributed by atoms with Crippen LogP contribution in [0.4, 0.5) is 28.4 Å². The van der Waals surface area contributed by atoms with Crippen molar-refractivity contribution in [2.75, 3.05) is 20.0 Å². The first-order chi connectivity index (χ1) is 18.4. The molecule has 4 aromatic carbocycles. The zero-order valence-corrected chi connectivity index (χ0v) is 27.9. The van der Waals surface area contributed by atoms with E-state index < -0.39 is 30.0 Å². The standard InChI is InChI=1S/C24H21N5O8S2.2Na/c1-36-23-13-22(24(37-2)12-19(23)25)29-28-21-9-8-20(17-7-6-16(11-18(17)21)39(33,34)35)27-26-14-4-3-5-15(10-14)38(30,31)32;;/h3-13H,25H2,1-2H3,(H,30,31,32)(H,33,34,35);;/q;2*+1/p-2. The minimum atomic E-state index is -4.80. The molecule has 0 heterocycles. The largest absolute Gasteiger partial charge is 1.00 e. The van der Waals surface area contributed by atoms with E-state index in [1.54, 1.807) is 0 Å². The Morgan fingerprint density at radius 1 is 0.634 bits per heavy atom. The molecule has 0 aliphatic rings. The van der Waals surface area contributed by atoms with Gasteiger partial charge < -0.3 is 24.3 Å². The predicted octanol–water partition coefficient (Wildman–Crippen LogP) is -0.914.